The minimum Gasteiger partial charge on any atom is -0.367 e. The maximum atomic E-state index is 5.83. The maximum absolute atomic E-state index is 5.83. The number of rotatable bonds is 3. The summed E-state index contributed by atoms with van der Waals surface area (Å²) in [5, 5.41) is 3.75. The zero-order chi connectivity index (χ0) is 11.5. The van der Waals surface area contributed by atoms with E-state index in [0.717, 1.165) is 17.4 Å². The van der Waals surface area contributed by atoms with E-state index in [1.807, 2.05) is 13.0 Å². The Morgan fingerprint density at radius 1 is 1.38 bits per heavy atom. The molecule has 0 radical (unpaired) electrons. The van der Waals surface area contributed by atoms with Gasteiger partial charge in [0.2, 0.25) is 5.28 Å². The van der Waals surface area contributed by atoms with Crippen LogP contribution in [0.3, 0.4) is 0 Å². The van der Waals surface area contributed by atoms with Gasteiger partial charge >= 0.3 is 0 Å². The van der Waals surface area contributed by atoms with Crippen LogP contribution in [-0.2, 0) is 0 Å². The first kappa shape index (κ1) is 11.6. The molecule has 1 aromatic heterocycles. The van der Waals surface area contributed by atoms with Crippen molar-refractivity contribution in [2.24, 2.45) is 5.92 Å². The average Bonchev–Trinajstić information content (AvgIpc) is 2.68. The number of halogens is 1. The van der Waals surface area contributed by atoms with Crippen LogP contribution in [0.4, 0.5) is 5.82 Å². The SMILES string of the molecule is Cc1cc(NC(C)C2CCCC2)nc(Cl)n1. The smallest absolute Gasteiger partial charge is 0.224 e. The molecule has 1 aromatic rings. The van der Waals surface area contributed by atoms with Gasteiger partial charge in [-0.05, 0) is 44.2 Å². The van der Waals surface area contributed by atoms with Crippen LogP contribution in [0.15, 0.2) is 6.07 Å². The number of nitrogens with zero attached hydrogens (tertiary/aromatic N) is 2. The molecule has 1 aliphatic rings. The Hall–Kier alpha value is -0.830. The Kier molecular flexibility index (Phi) is 3.64. The van der Waals surface area contributed by atoms with E-state index in [-0.39, 0.29) is 0 Å². The molecule has 3 nitrogen and oxygen atoms in total. The van der Waals surface area contributed by atoms with E-state index in [9.17, 15) is 0 Å². The molecule has 16 heavy (non-hydrogen) atoms. The van der Waals surface area contributed by atoms with Crippen molar-refractivity contribution in [2.45, 2.75) is 45.6 Å². The van der Waals surface area contributed by atoms with Crippen LogP contribution < -0.4 is 5.32 Å². The normalized spacial score (nSPS) is 18.7. The molecule has 0 saturated heterocycles. The molecule has 0 aliphatic heterocycles. The predicted molar refractivity (Wildman–Crippen MR) is 66.8 cm³/mol. The fourth-order valence-electron chi connectivity index (χ4n) is 2.41. The monoisotopic (exact) mass is 239 g/mol. The molecule has 1 aliphatic carbocycles. The minimum atomic E-state index is 0.320. The van der Waals surface area contributed by atoms with Crippen LogP contribution in [-0.4, -0.2) is 16.0 Å². The molecule has 0 spiro atoms. The zero-order valence-electron chi connectivity index (χ0n) is 9.83. The number of hydrogen-bond donors (Lipinski definition) is 1. The molecule has 1 unspecified atom stereocenters. The van der Waals surface area contributed by atoms with E-state index in [0.29, 0.717) is 11.3 Å². The van der Waals surface area contributed by atoms with Crippen molar-refractivity contribution in [3.63, 3.8) is 0 Å². The Balaban J connectivity index is 2.02. The summed E-state index contributed by atoms with van der Waals surface area (Å²) in [4.78, 5) is 8.24. The average molecular weight is 240 g/mol. The molecule has 1 saturated carbocycles. The van der Waals surface area contributed by atoms with Crippen LogP contribution in [0.1, 0.15) is 38.3 Å². The summed E-state index contributed by atoms with van der Waals surface area (Å²) in [6, 6.07) is 2.41. The summed E-state index contributed by atoms with van der Waals surface area (Å²) >= 11 is 5.83. The lowest BCUT2D eigenvalue weighted by Gasteiger charge is -2.20. The summed E-state index contributed by atoms with van der Waals surface area (Å²) in [6.07, 6.45) is 5.37. The molecule has 1 fully saturated rings. The Bertz CT molecular complexity index is 341. The van der Waals surface area contributed by atoms with Crippen LogP contribution in [0.2, 0.25) is 5.28 Å². The van der Waals surface area contributed by atoms with Gasteiger partial charge in [0.1, 0.15) is 5.82 Å². The number of aryl methyl sites for hydroxylation is 1. The summed E-state index contributed by atoms with van der Waals surface area (Å²) in [7, 11) is 0. The number of nitrogens with one attached hydrogen (secondary N) is 1. The lowest BCUT2D eigenvalue weighted by Crippen LogP contribution is -2.24. The molecule has 2 rings (SSSR count). The molecule has 0 bridgehead atoms. The molecule has 1 atom stereocenters. The van der Waals surface area contributed by atoms with Crippen LogP contribution >= 0.6 is 11.6 Å². The van der Waals surface area contributed by atoms with Gasteiger partial charge in [-0.1, -0.05) is 12.8 Å². The molecular weight excluding hydrogens is 222 g/mol. The fraction of sp³-hybridized carbons (Fsp3) is 0.667. The molecule has 0 amide bonds. The van der Waals surface area contributed by atoms with E-state index in [2.05, 4.69) is 22.2 Å². The van der Waals surface area contributed by atoms with Gasteiger partial charge in [0.05, 0.1) is 0 Å². The fourth-order valence-corrected chi connectivity index (χ4v) is 2.64. The predicted octanol–water partition coefficient (Wildman–Crippen LogP) is 3.43. The van der Waals surface area contributed by atoms with Gasteiger partial charge in [0, 0.05) is 17.8 Å². The minimum absolute atomic E-state index is 0.320. The Labute approximate surface area is 102 Å². The van der Waals surface area contributed by atoms with Crippen LogP contribution in [0.25, 0.3) is 0 Å². The van der Waals surface area contributed by atoms with Gasteiger partial charge in [0.15, 0.2) is 0 Å². The quantitative estimate of drug-likeness (QED) is 0.822. The van der Waals surface area contributed by atoms with Crippen molar-refractivity contribution in [1.82, 2.24) is 9.97 Å². The number of aromatic nitrogens is 2. The molecule has 0 aromatic carbocycles. The molecule has 1 N–H and O–H groups in total. The summed E-state index contributed by atoms with van der Waals surface area (Å²) in [6.45, 7) is 4.15. The first-order chi connectivity index (χ1) is 7.65. The van der Waals surface area contributed by atoms with Crippen molar-refractivity contribution in [3.8, 4) is 0 Å². The van der Waals surface area contributed by atoms with E-state index in [1.54, 1.807) is 0 Å². The van der Waals surface area contributed by atoms with Gasteiger partial charge in [-0.25, -0.2) is 9.97 Å². The Morgan fingerprint density at radius 3 is 2.69 bits per heavy atom. The highest BCUT2D eigenvalue weighted by Gasteiger charge is 2.21. The van der Waals surface area contributed by atoms with Crippen LogP contribution in [0, 0.1) is 12.8 Å². The van der Waals surface area contributed by atoms with E-state index >= 15 is 0 Å². The zero-order valence-corrected chi connectivity index (χ0v) is 10.6. The third kappa shape index (κ3) is 2.85. The summed E-state index contributed by atoms with van der Waals surface area (Å²) < 4.78 is 0. The van der Waals surface area contributed by atoms with Crippen molar-refractivity contribution < 1.29 is 0 Å². The number of anilines is 1. The maximum Gasteiger partial charge on any atom is 0.224 e. The lowest BCUT2D eigenvalue weighted by atomic mass is 10.00. The second kappa shape index (κ2) is 5.00. The van der Waals surface area contributed by atoms with E-state index in [4.69, 9.17) is 11.6 Å². The Morgan fingerprint density at radius 2 is 2.06 bits per heavy atom. The highest BCUT2D eigenvalue weighted by atomic mass is 35.5. The molecule has 4 heteroatoms. The van der Waals surface area contributed by atoms with Gasteiger partial charge < -0.3 is 5.32 Å². The third-order valence-corrected chi connectivity index (χ3v) is 3.48. The van der Waals surface area contributed by atoms with E-state index in [1.165, 1.54) is 25.7 Å². The molecular formula is C12H18ClN3. The van der Waals surface area contributed by atoms with Crippen molar-refractivity contribution >= 4 is 17.4 Å². The standard InChI is InChI=1S/C12H18ClN3/c1-8-7-11(16-12(13)14-8)15-9(2)10-5-3-4-6-10/h7,9-10H,3-6H2,1-2H3,(H,14,15,16). The molecule has 88 valence electrons. The largest absolute Gasteiger partial charge is 0.367 e. The van der Waals surface area contributed by atoms with Crippen molar-refractivity contribution in [2.75, 3.05) is 5.32 Å². The van der Waals surface area contributed by atoms with Gasteiger partial charge in [0.25, 0.3) is 0 Å². The summed E-state index contributed by atoms with van der Waals surface area (Å²) in [5.41, 5.74) is 0.904. The second-order valence-corrected chi connectivity index (χ2v) is 4.98. The van der Waals surface area contributed by atoms with E-state index < -0.39 is 0 Å². The van der Waals surface area contributed by atoms with Gasteiger partial charge in [-0.2, -0.15) is 0 Å². The van der Waals surface area contributed by atoms with Crippen molar-refractivity contribution in [1.29, 1.82) is 0 Å². The first-order valence-electron chi connectivity index (χ1n) is 5.93. The highest BCUT2D eigenvalue weighted by Crippen LogP contribution is 2.29. The number of hydrogen-bond acceptors (Lipinski definition) is 3. The molecule has 1 heterocycles. The first-order valence-corrected chi connectivity index (χ1v) is 6.30. The lowest BCUT2D eigenvalue weighted by molar-refractivity contribution is 0.481. The third-order valence-electron chi connectivity index (χ3n) is 3.31. The van der Waals surface area contributed by atoms with Gasteiger partial charge in [-0.15, -0.1) is 0 Å². The van der Waals surface area contributed by atoms with Crippen molar-refractivity contribution in [3.05, 3.63) is 17.0 Å². The van der Waals surface area contributed by atoms with Crippen LogP contribution in [0.5, 0.6) is 0 Å². The topological polar surface area (TPSA) is 37.8 Å². The highest BCUT2D eigenvalue weighted by molar-refractivity contribution is 6.28. The second-order valence-electron chi connectivity index (χ2n) is 4.64. The van der Waals surface area contributed by atoms with Gasteiger partial charge in [-0.3, -0.25) is 0 Å². The summed E-state index contributed by atoms with van der Waals surface area (Å²) in [5.74, 6) is 1.62.